The normalized spacial score (nSPS) is 14.8. The number of carbonyl (C=O) groups excluding carboxylic acids is 1. The van der Waals surface area contributed by atoms with Gasteiger partial charge in [0.25, 0.3) is 0 Å². The summed E-state index contributed by atoms with van der Waals surface area (Å²) in [6, 6.07) is 11.5. The predicted octanol–water partition coefficient (Wildman–Crippen LogP) is 3.67. The lowest BCUT2D eigenvalue weighted by molar-refractivity contribution is -0.119. The predicted molar refractivity (Wildman–Crippen MR) is 124 cm³/mol. The first-order chi connectivity index (χ1) is 16.0. The lowest BCUT2D eigenvalue weighted by Crippen LogP contribution is -2.36. The van der Waals surface area contributed by atoms with Crippen molar-refractivity contribution < 1.29 is 14.3 Å². The molecule has 0 radical (unpaired) electrons. The summed E-state index contributed by atoms with van der Waals surface area (Å²) < 4.78 is 15.3. The van der Waals surface area contributed by atoms with E-state index in [4.69, 9.17) is 10.8 Å². The van der Waals surface area contributed by atoms with Crippen LogP contribution in [-0.4, -0.2) is 42.7 Å². The number of rotatable bonds is 3. The van der Waals surface area contributed by atoms with Gasteiger partial charge in [0.1, 0.15) is 17.8 Å². The van der Waals surface area contributed by atoms with Crippen molar-refractivity contribution in [3.63, 3.8) is 0 Å². The van der Waals surface area contributed by atoms with E-state index in [0.29, 0.717) is 35.4 Å². The van der Waals surface area contributed by atoms with Gasteiger partial charge in [0.15, 0.2) is 17.2 Å². The van der Waals surface area contributed by atoms with Crippen LogP contribution in [0.5, 0.6) is 5.75 Å². The average Bonchev–Trinajstić information content (AvgIpc) is 3.21. The molecule has 5 rings (SSSR count). The summed E-state index contributed by atoms with van der Waals surface area (Å²) in [5, 5.41) is 15.1. The van der Waals surface area contributed by atoms with Crippen molar-refractivity contribution in [2.24, 2.45) is 0 Å². The first-order valence-corrected chi connectivity index (χ1v) is 10.3. The molecule has 4 aromatic rings. The highest BCUT2D eigenvalue weighted by atomic mass is 19.1. The van der Waals surface area contributed by atoms with Gasteiger partial charge in [0.2, 0.25) is 6.41 Å². The van der Waals surface area contributed by atoms with E-state index in [-0.39, 0.29) is 11.9 Å². The molecule has 2 aromatic carbocycles. The largest absolute Gasteiger partial charge is 0.505 e. The number of nitrogens with two attached hydrogens (primary N) is 1. The third-order valence-corrected chi connectivity index (χ3v) is 5.38. The minimum absolute atomic E-state index is 0.224. The Morgan fingerprint density at radius 2 is 2.00 bits per heavy atom. The summed E-state index contributed by atoms with van der Waals surface area (Å²) in [5.74, 6) is -0.989. The number of nitrogen functional groups attached to an aromatic ring is 1. The fraction of sp³-hybridized carbons (Fsp3) is 0.167. The van der Waals surface area contributed by atoms with E-state index >= 15 is 0 Å². The van der Waals surface area contributed by atoms with Crippen molar-refractivity contribution in [3.05, 3.63) is 78.4 Å². The third-order valence-electron chi connectivity index (χ3n) is 5.38. The first-order valence-electron chi connectivity index (χ1n) is 10.3. The van der Waals surface area contributed by atoms with E-state index in [0.717, 1.165) is 17.5 Å². The van der Waals surface area contributed by atoms with Gasteiger partial charge in [0, 0.05) is 18.7 Å². The van der Waals surface area contributed by atoms with Crippen LogP contribution in [0, 0.1) is 5.82 Å². The molecule has 2 aromatic heterocycles. The number of aromatic hydroxyl groups is 1. The zero-order chi connectivity index (χ0) is 23.5. The molecular weight excluding hydrogens is 423 g/mol. The SMILES string of the molecule is C=CC.Nc1ncnc2c1c(-c1ccc(F)c(O)c1)nn2C1CN(C=O)Cc2ccccc21. The number of fused-ring (bicyclic) bond motifs is 2. The lowest BCUT2D eigenvalue weighted by atomic mass is 9.96. The summed E-state index contributed by atoms with van der Waals surface area (Å²) in [5.41, 5.74) is 9.61. The summed E-state index contributed by atoms with van der Waals surface area (Å²) in [4.78, 5) is 21.7. The van der Waals surface area contributed by atoms with Crippen molar-refractivity contribution in [2.75, 3.05) is 12.3 Å². The molecule has 0 saturated heterocycles. The maximum absolute atomic E-state index is 13.6. The van der Waals surface area contributed by atoms with Gasteiger partial charge >= 0.3 is 0 Å². The molecule has 1 amide bonds. The quantitative estimate of drug-likeness (QED) is 0.367. The second-order valence-corrected chi connectivity index (χ2v) is 7.57. The summed E-state index contributed by atoms with van der Waals surface area (Å²) in [6.45, 7) is 6.18. The molecule has 0 fully saturated rings. The number of phenolic OH excluding ortho intramolecular Hbond substituents is 1. The van der Waals surface area contributed by atoms with E-state index in [1.54, 1.807) is 15.7 Å². The minimum Gasteiger partial charge on any atom is -0.505 e. The smallest absolute Gasteiger partial charge is 0.210 e. The van der Waals surface area contributed by atoms with Crippen LogP contribution in [0.1, 0.15) is 24.1 Å². The van der Waals surface area contributed by atoms with E-state index in [9.17, 15) is 14.3 Å². The fourth-order valence-corrected chi connectivity index (χ4v) is 3.97. The molecule has 0 bridgehead atoms. The van der Waals surface area contributed by atoms with Crippen LogP contribution in [0.15, 0.2) is 61.4 Å². The zero-order valence-electron chi connectivity index (χ0n) is 18.0. The number of benzene rings is 2. The maximum atomic E-state index is 13.6. The maximum Gasteiger partial charge on any atom is 0.210 e. The van der Waals surface area contributed by atoms with Crippen LogP contribution in [-0.2, 0) is 11.3 Å². The van der Waals surface area contributed by atoms with Crippen LogP contribution in [0.3, 0.4) is 0 Å². The van der Waals surface area contributed by atoms with Gasteiger partial charge < -0.3 is 15.7 Å². The summed E-state index contributed by atoms with van der Waals surface area (Å²) in [6.07, 6.45) is 3.92. The third kappa shape index (κ3) is 4.00. The minimum atomic E-state index is -0.727. The molecule has 8 nitrogen and oxygen atoms in total. The van der Waals surface area contributed by atoms with Crippen molar-refractivity contribution in [3.8, 4) is 17.0 Å². The Morgan fingerprint density at radius 3 is 2.73 bits per heavy atom. The molecule has 1 unspecified atom stereocenters. The van der Waals surface area contributed by atoms with Crippen LogP contribution in [0.2, 0.25) is 0 Å². The van der Waals surface area contributed by atoms with Crippen LogP contribution in [0.4, 0.5) is 10.2 Å². The molecule has 1 atom stereocenters. The molecule has 0 saturated carbocycles. The Balaban J connectivity index is 0.000000821. The van der Waals surface area contributed by atoms with Gasteiger partial charge in [-0.05, 0) is 36.2 Å². The Kier molecular flexibility index (Phi) is 6.03. The van der Waals surface area contributed by atoms with Gasteiger partial charge in [-0.2, -0.15) is 5.10 Å². The van der Waals surface area contributed by atoms with Crippen molar-refractivity contribution in [1.29, 1.82) is 0 Å². The van der Waals surface area contributed by atoms with Crippen LogP contribution >= 0.6 is 0 Å². The number of hydrogen-bond donors (Lipinski definition) is 2. The number of anilines is 1. The highest BCUT2D eigenvalue weighted by molar-refractivity contribution is 5.98. The molecular formula is C24H23FN6O2. The Hall–Kier alpha value is -4.27. The number of nitrogens with zero attached hydrogens (tertiary/aromatic N) is 5. The van der Waals surface area contributed by atoms with Crippen LogP contribution in [0.25, 0.3) is 22.3 Å². The molecule has 3 N–H and O–H groups in total. The molecule has 168 valence electrons. The number of phenols is 1. The lowest BCUT2D eigenvalue weighted by Gasteiger charge is -2.32. The van der Waals surface area contributed by atoms with E-state index in [1.165, 1.54) is 24.5 Å². The number of hydrogen-bond acceptors (Lipinski definition) is 6. The highest BCUT2D eigenvalue weighted by Gasteiger charge is 2.30. The van der Waals surface area contributed by atoms with E-state index < -0.39 is 11.6 Å². The summed E-state index contributed by atoms with van der Waals surface area (Å²) >= 11 is 0. The Labute approximate surface area is 189 Å². The topological polar surface area (TPSA) is 110 Å². The number of amides is 1. The van der Waals surface area contributed by atoms with Crippen molar-refractivity contribution >= 4 is 23.3 Å². The fourth-order valence-electron chi connectivity index (χ4n) is 3.97. The van der Waals surface area contributed by atoms with E-state index in [2.05, 4.69) is 16.5 Å². The first kappa shape index (κ1) is 21.9. The van der Waals surface area contributed by atoms with Crippen molar-refractivity contribution in [2.45, 2.75) is 19.5 Å². The van der Waals surface area contributed by atoms with Gasteiger partial charge in [-0.15, -0.1) is 6.58 Å². The monoisotopic (exact) mass is 446 g/mol. The van der Waals surface area contributed by atoms with Gasteiger partial charge in [-0.25, -0.2) is 19.0 Å². The van der Waals surface area contributed by atoms with Crippen molar-refractivity contribution in [1.82, 2.24) is 24.6 Å². The Bertz CT molecular complexity index is 1340. The number of halogens is 1. The van der Waals surface area contributed by atoms with Gasteiger partial charge in [-0.3, -0.25) is 4.79 Å². The molecule has 0 spiro atoms. The molecule has 33 heavy (non-hydrogen) atoms. The second-order valence-electron chi connectivity index (χ2n) is 7.57. The number of carbonyl (C=O) groups is 1. The van der Waals surface area contributed by atoms with Gasteiger partial charge in [0.05, 0.1) is 11.4 Å². The second kappa shape index (κ2) is 9.07. The molecule has 9 heteroatoms. The number of allylic oxidation sites excluding steroid dienone is 1. The molecule has 3 heterocycles. The molecule has 0 aliphatic carbocycles. The standard InChI is InChI=1S/C21H17FN6O2.C3H6/c22-15-6-5-12(7-17(15)30)19-18-20(23)24-10-25-21(18)28(26-19)16-9-27(11-29)8-13-3-1-2-4-14(13)16;1-3-2/h1-7,10-11,16,30H,8-9H2,(H2,23,24,25);3H,1H2,2H3. The highest BCUT2D eigenvalue weighted by Crippen LogP contribution is 2.36. The molecule has 1 aliphatic heterocycles. The molecule has 1 aliphatic rings. The average molecular weight is 446 g/mol. The van der Waals surface area contributed by atoms with Crippen LogP contribution < -0.4 is 5.73 Å². The summed E-state index contributed by atoms with van der Waals surface area (Å²) in [7, 11) is 0. The van der Waals surface area contributed by atoms with E-state index in [1.807, 2.05) is 31.2 Å². The van der Waals surface area contributed by atoms with Gasteiger partial charge in [-0.1, -0.05) is 30.3 Å². The zero-order valence-corrected chi connectivity index (χ0v) is 18.0. The Morgan fingerprint density at radius 1 is 1.24 bits per heavy atom. The number of aromatic nitrogens is 4.